The highest BCUT2D eigenvalue weighted by Gasteiger charge is 2.16. The number of thioether (sulfide) groups is 1. The van der Waals surface area contributed by atoms with Gasteiger partial charge in [0.15, 0.2) is 10.8 Å². The molecule has 142 valence electrons. The molecule has 0 aliphatic heterocycles. The molecule has 0 saturated carbocycles. The summed E-state index contributed by atoms with van der Waals surface area (Å²) in [5, 5.41) is 3.91. The van der Waals surface area contributed by atoms with E-state index in [4.69, 9.17) is 4.98 Å². The molecule has 0 spiro atoms. The lowest BCUT2D eigenvalue weighted by Gasteiger charge is -2.04. The van der Waals surface area contributed by atoms with Gasteiger partial charge in [-0.05, 0) is 31.9 Å². The van der Waals surface area contributed by atoms with Crippen molar-refractivity contribution in [2.24, 2.45) is 0 Å². The van der Waals surface area contributed by atoms with Crippen LogP contribution in [0.4, 0.5) is 0 Å². The molecule has 6 nitrogen and oxygen atoms in total. The SMILES string of the molecule is CCc1[nH]n2c(=O)cc(CSc3nc(C)cc(C)n3)nc2c1-c1ccccc1. The predicted octanol–water partition coefficient (Wildman–Crippen LogP) is 3.95. The van der Waals surface area contributed by atoms with Crippen LogP contribution in [0.25, 0.3) is 16.8 Å². The topological polar surface area (TPSA) is 75.9 Å². The van der Waals surface area contributed by atoms with Crippen LogP contribution < -0.4 is 5.56 Å². The molecule has 0 amide bonds. The Bertz CT molecular complexity index is 1180. The second-order valence-corrected chi connectivity index (χ2v) is 7.59. The Hall–Kier alpha value is -2.93. The number of H-pyrrole nitrogens is 1. The second kappa shape index (κ2) is 7.59. The van der Waals surface area contributed by atoms with Crippen molar-refractivity contribution in [3.05, 3.63) is 75.6 Å². The van der Waals surface area contributed by atoms with Crippen molar-refractivity contribution in [1.82, 2.24) is 24.6 Å². The van der Waals surface area contributed by atoms with Crippen LogP contribution in [0, 0.1) is 13.8 Å². The second-order valence-electron chi connectivity index (χ2n) is 6.65. The van der Waals surface area contributed by atoms with Crippen LogP contribution in [0.1, 0.15) is 29.7 Å². The fraction of sp³-hybridized carbons (Fsp3) is 0.238. The fourth-order valence-corrected chi connectivity index (χ4v) is 4.11. The molecular formula is C21H21N5OS. The van der Waals surface area contributed by atoms with Crippen molar-refractivity contribution in [3.63, 3.8) is 0 Å². The van der Waals surface area contributed by atoms with E-state index in [0.717, 1.165) is 40.3 Å². The first-order valence-electron chi connectivity index (χ1n) is 9.19. The summed E-state index contributed by atoms with van der Waals surface area (Å²) in [7, 11) is 0. The number of benzene rings is 1. The normalized spacial score (nSPS) is 11.2. The molecule has 0 aliphatic carbocycles. The average Bonchev–Trinajstić information content (AvgIpc) is 3.05. The predicted molar refractivity (Wildman–Crippen MR) is 112 cm³/mol. The van der Waals surface area contributed by atoms with Crippen LogP contribution in [-0.4, -0.2) is 24.6 Å². The van der Waals surface area contributed by atoms with E-state index < -0.39 is 0 Å². The highest BCUT2D eigenvalue weighted by Crippen LogP contribution is 2.28. The lowest BCUT2D eigenvalue weighted by atomic mass is 10.0. The Balaban J connectivity index is 1.75. The van der Waals surface area contributed by atoms with Crippen LogP contribution in [0.15, 0.2) is 52.4 Å². The molecule has 7 heteroatoms. The summed E-state index contributed by atoms with van der Waals surface area (Å²) < 4.78 is 1.53. The Morgan fingerprint density at radius 1 is 1.04 bits per heavy atom. The molecule has 0 fully saturated rings. The van der Waals surface area contributed by atoms with Crippen molar-refractivity contribution in [2.45, 2.75) is 38.1 Å². The molecule has 4 aromatic rings. The first-order chi connectivity index (χ1) is 13.5. The van der Waals surface area contributed by atoms with E-state index in [2.05, 4.69) is 22.0 Å². The van der Waals surface area contributed by atoms with Crippen molar-refractivity contribution in [1.29, 1.82) is 0 Å². The maximum absolute atomic E-state index is 12.7. The number of fused-ring (bicyclic) bond motifs is 1. The zero-order chi connectivity index (χ0) is 19.7. The molecule has 0 radical (unpaired) electrons. The molecule has 28 heavy (non-hydrogen) atoms. The monoisotopic (exact) mass is 391 g/mol. The maximum atomic E-state index is 12.7. The standard InChI is InChI=1S/C21H21N5OS/c1-4-17-19(15-8-6-5-7-9-15)20-24-16(11-18(27)26(20)25-17)12-28-21-22-13(2)10-14(3)23-21/h5-11,25H,4,12H2,1-3H3. The van der Waals surface area contributed by atoms with Crippen LogP contribution in [0.5, 0.6) is 0 Å². The number of nitrogens with zero attached hydrogens (tertiary/aromatic N) is 4. The smallest absolute Gasteiger partial charge is 0.272 e. The number of hydrogen-bond acceptors (Lipinski definition) is 5. The van der Waals surface area contributed by atoms with E-state index in [9.17, 15) is 4.79 Å². The summed E-state index contributed by atoms with van der Waals surface area (Å²) in [5.41, 5.74) is 6.16. The van der Waals surface area contributed by atoms with E-state index in [1.54, 1.807) is 6.07 Å². The van der Waals surface area contributed by atoms with Crippen molar-refractivity contribution >= 4 is 17.4 Å². The minimum atomic E-state index is -0.112. The maximum Gasteiger partial charge on any atom is 0.272 e. The first-order valence-corrected chi connectivity index (χ1v) is 10.2. The van der Waals surface area contributed by atoms with E-state index in [1.807, 2.05) is 50.2 Å². The van der Waals surface area contributed by atoms with Crippen LogP contribution in [-0.2, 0) is 12.2 Å². The van der Waals surface area contributed by atoms with Gasteiger partial charge in [-0.15, -0.1) is 0 Å². The molecule has 1 N–H and O–H groups in total. The molecule has 0 aliphatic rings. The molecule has 3 heterocycles. The molecule has 0 saturated heterocycles. The Morgan fingerprint density at radius 2 is 1.75 bits per heavy atom. The largest absolute Gasteiger partial charge is 0.293 e. The summed E-state index contributed by atoms with van der Waals surface area (Å²) in [6, 6.07) is 13.6. The summed E-state index contributed by atoms with van der Waals surface area (Å²) >= 11 is 1.49. The van der Waals surface area contributed by atoms with Gasteiger partial charge in [0.05, 0.1) is 5.69 Å². The number of nitrogens with one attached hydrogen (secondary N) is 1. The van der Waals surface area contributed by atoms with Gasteiger partial charge in [-0.2, -0.15) is 0 Å². The lowest BCUT2D eigenvalue weighted by Crippen LogP contribution is -2.15. The summed E-state index contributed by atoms with van der Waals surface area (Å²) in [6.07, 6.45) is 0.785. The molecule has 1 aromatic carbocycles. The van der Waals surface area contributed by atoms with E-state index in [0.29, 0.717) is 16.6 Å². The number of aromatic nitrogens is 5. The summed E-state index contributed by atoms with van der Waals surface area (Å²) in [5.74, 6) is 0.537. The molecule has 0 atom stereocenters. The quantitative estimate of drug-likeness (QED) is 0.412. The van der Waals surface area contributed by atoms with Gasteiger partial charge in [-0.3, -0.25) is 9.89 Å². The van der Waals surface area contributed by atoms with Gasteiger partial charge in [-0.1, -0.05) is 49.0 Å². The highest BCUT2D eigenvalue weighted by molar-refractivity contribution is 7.98. The molecule has 0 unspecified atom stereocenters. The van der Waals surface area contributed by atoms with E-state index in [-0.39, 0.29) is 5.56 Å². The third kappa shape index (κ3) is 3.57. The third-order valence-corrected chi connectivity index (χ3v) is 5.35. The first kappa shape index (κ1) is 18.4. The minimum Gasteiger partial charge on any atom is -0.293 e. The zero-order valence-corrected chi connectivity index (χ0v) is 16.9. The number of rotatable bonds is 5. The van der Waals surface area contributed by atoms with Crippen molar-refractivity contribution in [3.8, 4) is 11.1 Å². The zero-order valence-electron chi connectivity index (χ0n) is 16.1. The van der Waals surface area contributed by atoms with Crippen LogP contribution >= 0.6 is 11.8 Å². The van der Waals surface area contributed by atoms with Crippen molar-refractivity contribution in [2.75, 3.05) is 0 Å². The van der Waals surface area contributed by atoms with Gasteiger partial charge in [0, 0.05) is 34.5 Å². The van der Waals surface area contributed by atoms with Gasteiger partial charge >= 0.3 is 0 Å². The Labute approximate surface area is 167 Å². The molecule has 4 rings (SSSR count). The lowest BCUT2D eigenvalue weighted by molar-refractivity contribution is 0.850. The van der Waals surface area contributed by atoms with Gasteiger partial charge in [-0.25, -0.2) is 19.5 Å². The molecule has 3 aromatic heterocycles. The van der Waals surface area contributed by atoms with Gasteiger partial charge in [0.25, 0.3) is 5.56 Å². The molecular weight excluding hydrogens is 370 g/mol. The van der Waals surface area contributed by atoms with Crippen molar-refractivity contribution < 1.29 is 0 Å². The van der Waals surface area contributed by atoms with E-state index in [1.165, 1.54) is 16.3 Å². The minimum absolute atomic E-state index is 0.112. The average molecular weight is 392 g/mol. The third-order valence-electron chi connectivity index (χ3n) is 4.47. The number of aryl methyl sites for hydroxylation is 3. The van der Waals surface area contributed by atoms with E-state index >= 15 is 0 Å². The Morgan fingerprint density at radius 3 is 2.43 bits per heavy atom. The molecule has 0 bridgehead atoms. The number of hydrogen-bond donors (Lipinski definition) is 1. The van der Waals surface area contributed by atoms with Gasteiger partial charge in [0.2, 0.25) is 0 Å². The summed E-state index contributed by atoms with van der Waals surface area (Å²) in [6.45, 7) is 5.97. The van der Waals surface area contributed by atoms with Gasteiger partial charge < -0.3 is 0 Å². The van der Waals surface area contributed by atoms with Crippen LogP contribution in [0.2, 0.25) is 0 Å². The fourth-order valence-electron chi connectivity index (χ4n) is 3.27. The van der Waals surface area contributed by atoms with Gasteiger partial charge in [0.1, 0.15) is 0 Å². The summed E-state index contributed by atoms with van der Waals surface area (Å²) in [4.78, 5) is 26.4. The van der Waals surface area contributed by atoms with Crippen LogP contribution in [0.3, 0.4) is 0 Å². The number of aromatic amines is 1. The Kier molecular flexibility index (Phi) is 5.00. The highest BCUT2D eigenvalue weighted by atomic mass is 32.2.